The summed E-state index contributed by atoms with van der Waals surface area (Å²) < 4.78 is 66.3. The molecule has 0 aliphatic heterocycles. The van der Waals surface area contributed by atoms with Gasteiger partial charge in [-0.15, -0.1) is 0 Å². The highest BCUT2D eigenvalue weighted by Crippen LogP contribution is 2.29. The monoisotopic (exact) mass is 409 g/mol. The molecule has 0 aliphatic carbocycles. The first kappa shape index (κ1) is 20.5. The second-order valence-corrected chi connectivity index (χ2v) is 6.39. The van der Waals surface area contributed by atoms with Crippen molar-refractivity contribution >= 4 is 5.91 Å². The lowest BCUT2D eigenvalue weighted by Crippen LogP contribution is -2.26. The van der Waals surface area contributed by atoms with Gasteiger partial charge >= 0.3 is 6.18 Å². The number of alkyl halides is 3. The van der Waals surface area contributed by atoms with Crippen LogP contribution in [0, 0.1) is 11.6 Å². The molecule has 0 unspecified atom stereocenters. The number of benzene rings is 2. The van der Waals surface area contributed by atoms with Crippen LogP contribution in [-0.2, 0) is 19.6 Å². The van der Waals surface area contributed by atoms with Crippen LogP contribution in [0.2, 0.25) is 0 Å². The maximum Gasteiger partial charge on any atom is 0.416 e. The highest BCUT2D eigenvalue weighted by Gasteiger charge is 2.29. The second-order valence-electron chi connectivity index (χ2n) is 6.39. The van der Waals surface area contributed by atoms with Crippen LogP contribution in [0.3, 0.4) is 0 Å². The van der Waals surface area contributed by atoms with Gasteiger partial charge in [-0.3, -0.25) is 9.48 Å². The molecule has 2 aromatic carbocycles. The van der Waals surface area contributed by atoms with E-state index in [1.54, 1.807) is 7.05 Å². The van der Waals surface area contributed by atoms with E-state index in [2.05, 4.69) is 10.4 Å². The topological polar surface area (TPSA) is 46.9 Å². The third-order valence-corrected chi connectivity index (χ3v) is 4.24. The van der Waals surface area contributed by atoms with E-state index in [4.69, 9.17) is 0 Å². The van der Waals surface area contributed by atoms with Crippen LogP contribution in [0.15, 0.2) is 48.7 Å². The SMILES string of the molecule is Cn1cc(C(=O)NCCc2ccc(C(F)(F)F)cc2)c(-c2ccc(F)cc2F)n1. The van der Waals surface area contributed by atoms with E-state index in [9.17, 15) is 26.7 Å². The zero-order valence-corrected chi connectivity index (χ0v) is 15.2. The molecule has 152 valence electrons. The van der Waals surface area contributed by atoms with Gasteiger partial charge in [0.05, 0.1) is 11.1 Å². The zero-order chi connectivity index (χ0) is 21.2. The van der Waals surface area contributed by atoms with Gasteiger partial charge in [0.1, 0.15) is 17.3 Å². The van der Waals surface area contributed by atoms with E-state index < -0.39 is 29.3 Å². The van der Waals surface area contributed by atoms with Crippen molar-refractivity contribution in [3.05, 3.63) is 77.0 Å². The Morgan fingerprint density at radius 1 is 1.10 bits per heavy atom. The smallest absolute Gasteiger partial charge is 0.352 e. The van der Waals surface area contributed by atoms with Gasteiger partial charge in [-0.2, -0.15) is 18.3 Å². The Morgan fingerprint density at radius 2 is 1.79 bits per heavy atom. The van der Waals surface area contributed by atoms with Gasteiger partial charge in [-0.05, 0) is 36.2 Å². The van der Waals surface area contributed by atoms with Gasteiger partial charge in [0, 0.05) is 31.4 Å². The number of nitrogens with one attached hydrogen (secondary N) is 1. The minimum atomic E-state index is -4.40. The molecule has 0 spiro atoms. The first-order valence-corrected chi connectivity index (χ1v) is 8.58. The van der Waals surface area contributed by atoms with Crippen LogP contribution in [0.4, 0.5) is 22.0 Å². The average Bonchev–Trinajstić information content (AvgIpc) is 3.03. The lowest BCUT2D eigenvalue weighted by molar-refractivity contribution is -0.137. The summed E-state index contributed by atoms with van der Waals surface area (Å²) in [5, 5.41) is 6.71. The van der Waals surface area contributed by atoms with Crippen molar-refractivity contribution < 1.29 is 26.7 Å². The molecule has 0 bridgehead atoms. The van der Waals surface area contributed by atoms with E-state index in [0.29, 0.717) is 18.1 Å². The van der Waals surface area contributed by atoms with Crippen LogP contribution in [0.25, 0.3) is 11.3 Å². The number of aromatic nitrogens is 2. The fourth-order valence-electron chi connectivity index (χ4n) is 2.81. The Bertz CT molecular complexity index is 1030. The first-order chi connectivity index (χ1) is 13.6. The minimum absolute atomic E-state index is 0.0140. The molecule has 1 aromatic heterocycles. The summed E-state index contributed by atoms with van der Waals surface area (Å²) in [4.78, 5) is 12.5. The normalized spacial score (nSPS) is 11.5. The largest absolute Gasteiger partial charge is 0.416 e. The van der Waals surface area contributed by atoms with Gasteiger partial charge in [-0.1, -0.05) is 12.1 Å². The fraction of sp³-hybridized carbons (Fsp3) is 0.200. The number of carbonyl (C=O) groups excluding carboxylic acids is 1. The molecule has 4 nitrogen and oxygen atoms in total. The molecular weight excluding hydrogens is 393 g/mol. The van der Waals surface area contributed by atoms with Crippen LogP contribution in [-0.4, -0.2) is 22.2 Å². The van der Waals surface area contributed by atoms with Crippen LogP contribution in [0.1, 0.15) is 21.5 Å². The summed E-state index contributed by atoms with van der Waals surface area (Å²) in [7, 11) is 1.56. The number of nitrogens with zero attached hydrogens (tertiary/aromatic N) is 2. The van der Waals surface area contributed by atoms with Crippen LogP contribution >= 0.6 is 0 Å². The van der Waals surface area contributed by atoms with Gasteiger partial charge in [0.15, 0.2) is 0 Å². The van der Waals surface area contributed by atoms with Crippen molar-refractivity contribution in [2.45, 2.75) is 12.6 Å². The Balaban J connectivity index is 1.69. The second kappa shape index (κ2) is 8.02. The third-order valence-electron chi connectivity index (χ3n) is 4.24. The first-order valence-electron chi connectivity index (χ1n) is 8.58. The molecule has 0 atom stereocenters. The number of carbonyl (C=O) groups is 1. The summed E-state index contributed by atoms with van der Waals surface area (Å²) in [5.74, 6) is -2.11. The molecule has 0 saturated carbocycles. The van der Waals surface area contributed by atoms with Crippen molar-refractivity contribution in [3.63, 3.8) is 0 Å². The number of aryl methyl sites for hydroxylation is 1. The standard InChI is InChI=1S/C20H16F5N3O/c1-28-11-16(18(27-28)15-7-6-14(21)10-17(15)22)19(29)26-9-8-12-2-4-13(5-3-12)20(23,24)25/h2-7,10-11H,8-9H2,1H3,(H,26,29). The Hall–Kier alpha value is -3.23. The Kier molecular flexibility index (Phi) is 5.67. The summed E-state index contributed by atoms with van der Waals surface area (Å²) in [6.07, 6.45) is -2.69. The predicted molar refractivity (Wildman–Crippen MR) is 96.0 cm³/mol. The van der Waals surface area contributed by atoms with Crippen LogP contribution < -0.4 is 5.32 Å². The summed E-state index contributed by atoms with van der Waals surface area (Å²) in [6, 6.07) is 7.62. The van der Waals surface area contributed by atoms with Gasteiger partial charge in [0.2, 0.25) is 0 Å². The minimum Gasteiger partial charge on any atom is -0.352 e. The highest BCUT2D eigenvalue weighted by atomic mass is 19.4. The average molecular weight is 409 g/mol. The van der Waals surface area contributed by atoms with E-state index in [-0.39, 0.29) is 23.4 Å². The van der Waals surface area contributed by atoms with Crippen molar-refractivity contribution in [1.29, 1.82) is 0 Å². The van der Waals surface area contributed by atoms with Crippen molar-refractivity contribution in [2.75, 3.05) is 6.54 Å². The van der Waals surface area contributed by atoms with E-state index >= 15 is 0 Å². The van der Waals surface area contributed by atoms with E-state index in [1.807, 2.05) is 0 Å². The highest BCUT2D eigenvalue weighted by molar-refractivity contribution is 5.99. The third kappa shape index (κ3) is 4.79. The number of hydrogen-bond acceptors (Lipinski definition) is 2. The van der Waals surface area contributed by atoms with E-state index in [1.165, 1.54) is 29.1 Å². The van der Waals surface area contributed by atoms with E-state index in [0.717, 1.165) is 18.2 Å². The summed E-state index contributed by atoms with van der Waals surface area (Å²) >= 11 is 0. The molecule has 1 heterocycles. The Morgan fingerprint density at radius 3 is 2.41 bits per heavy atom. The molecule has 1 N–H and O–H groups in total. The Labute approximate surface area is 163 Å². The number of halogens is 5. The quantitative estimate of drug-likeness (QED) is 0.637. The number of rotatable bonds is 5. The molecule has 3 aromatic rings. The van der Waals surface area contributed by atoms with Crippen molar-refractivity contribution in [2.24, 2.45) is 7.05 Å². The predicted octanol–water partition coefficient (Wildman–Crippen LogP) is 4.36. The lowest BCUT2D eigenvalue weighted by Gasteiger charge is -2.09. The molecule has 3 rings (SSSR count). The molecule has 0 fully saturated rings. The summed E-state index contributed by atoms with van der Waals surface area (Å²) in [5.41, 5.74) is 0.0308. The molecule has 9 heteroatoms. The molecular formula is C20H16F5N3O. The summed E-state index contributed by atoms with van der Waals surface area (Å²) in [6.45, 7) is 0.157. The molecule has 29 heavy (non-hydrogen) atoms. The molecule has 1 amide bonds. The van der Waals surface area contributed by atoms with Gasteiger partial charge in [-0.25, -0.2) is 8.78 Å². The van der Waals surface area contributed by atoms with Crippen molar-refractivity contribution in [3.8, 4) is 11.3 Å². The van der Waals surface area contributed by atoms with Crippen LogP contribution in [0.5, 0.6) is 0 Å². The fourth-order valence-corrected chi connectivity index (χ4v) is 2.81. The number of hydrogen-bond donors (Lipinski definition) is 1. The van der Waals surface area contributed by atoms with Gasteiger partial charge < -0.3 is 5.32 Å². The lowest BCUT2D eigenvalue weighted by atomic mass is 10.1. The van der Waals surface area contributed by atoms with Gasteiger partial charge in [0.25, 0.3) is 5.91 Å². The molecule has 0 aliphatic rings. The maximum atomic E-state index is 14.1. The number of amides is 1. The molecule has 0 saturated heterocycles. The zero-order valence-electron chi connectivity index (χ0n) is 15.2. The van der Waals surface area contributed by atoms with Crippen molar-refractivity contribution in [1.82, 2.24) is 15.1 Å². The maximum absolute atomic E-state index is 14.1. The molecule has 0 radical (unpaired) electrons.